The molecule has 96 valence electrons. The summed E-state index contributed by atoms with van der Waals surface area (Å²) in [4.78, 5) is 5.47. The number of aryl methyl sites for hydroxylation is 1. The molecule has 1 N–H and O–H groups in total. The van der Waals surface area contributed by atoms with Gasteiger partial charge in [0.15, 0.2) is 0 Å². The van der Waals surface area contributed by atoms with Crippen LogP contribution in [0.15, 0.2) is 34.4 Å². The van der Waals surface area contributed by atoms with Crippen molar-refractivity contribution in [2.45, 2.75) is 26.3 Å². The van der Waals surface area contributed by atoms with Gasteiger partial charge in [-0.2, -0.15) is 0 Å². The SMILES string of the molecule is CCNC(Cc1cncs1)c1ccc(Br)cc1C. The molecule has 0 spiro atoms. The molecule has 0 fully saturated rings. The van der Waals surface area contributed by atoms with E-state index in [1.165, 1.54) is 16.0 Å². The van der Waals surface area contributed by atoms with Gasteiger partial charge in [-0.3, -0.25) is 4.98 Å². The molecule has 2 rings (SSSR count). The van der Waals surface area contributed by atoms with Crippen LogP contribution < -0.4 is 5.32 Å². The van der Waals surface area contributed by atoms with Crippen LogP contribution in [-0.2, 0) is 6.42 Å². The molecule has 1 unspecified atom stereocenters. The van der Waals surface area contributed by atoms with Gasteiger partial charge in [-0.1, -0.05) is 28.9 Å². The summed E-state index contributed by atoms with van der Waals surface area (Å²) in [6.45, 7) is 5.28. The Morgan fingerprint density at radius 2 is 2.28 bits per heavy atom. The smallest absolute Gasteiger partial charge is 0.0794 e. The maximum Gasteiger partial charge on any atom is 0.0794 e. The van der Waals surface area contributed by atoms with Crippen molar-refractivity contribution in [1.29, 1.82) is 0 Å². The molecule has 2 nitrogen and oxygen atoms in total. The minimum Gasteiger partial charge on any atom is -0.310 e. The number of nitrogens with zero attached hydrogens (tertiary/aromatic N) is 1. The third kappa shape index (κ3) is 3.40. The quantitative estimate of drug-likeness (QED) is 0.895. The third-order valence-corrected chi connectivity index (χ3v) is 4.24. The minimum atomic E-state index is 0.364. The topological polar surface area (TPSA) is 24.9 Å². The summed E-state index contributed by atoms with van der Waals surface area (Å²) in [5.74, 6) is 0. The Morgan fingerprint density at radius 3 is 2.89 bits per heavy atom. The summed E-state index contributed by atoms with van der Waals surface area (Å²) in [6.07, 6.45) is 2.96. The number of hydrogen-bond acceptors (Lipinski definition) is 3. The van der Waals surface area contributed by atoms with Gasteiger partial charge in [0.05, 0.1) is 5.51 Å². The van der Waals surface area contributed by atoms with Gasteiger partial charge in [0.2, 0.25) is 0 Å². The van der Waals surface area contributed by atoms with Gasteiger partial charge in [0.25, 0.3) is 0 Å². The number of hydrogen-bond donors (Lipinski definition) is 1. The van der Waals surface area contributed by atoms with Gasteiger partial charge in [-0.15, -0.1) is 11.3 Å². The van der Waals surface area contributed by atoms with Crippen LogP contribution in [0.25, 0.3) is 0 Å². The minimum absolute atomic E-state index is 0.364. The van der Waals surface area contributed by atoms with Crippen molar-refractivity contribution in [3.8, 4) is 0 Å². The van der Waals surface area contributed by atoms with E-state index in [2.05, 4.69) is 58.3 Å². The second kappa shape index (κ2) is 6.45. The number of nitrogens with one attached hydrogen (secondary N) is 1. The van der Waals surface area contributed by atoms with Gasteiger partial charge in [-0.25, -0.2) is 0 Å². The first-order chi connectivity index (χ1) is 8.70. The number of halogens is 1. The molecule has 0 aliphatic carbocycles. The molecule has 1 aromatic heterocycles. The van der Waals surface area contributed by atoms with E-state index in [-0.39, 0.29) is 0 Å². The van der Waals surface area contributed by atoms with Crippen LogP contribution in [0.2, 0.25) is 0 Å². The van der Waals surface area contributed by atoms with E-state index in [0.29, 0.717) is 6.04 Å². The van der Waals surface area contributed by atoms with E-state index >= 15 is 0 Å². The molecule has 4 heteroatoms. The molecule has 1 aromatic carbocycles. The first-order valence-electron chi connectivity index (χ1n) is 6.07. The Bertz CT molecular complexity index is 497. The summed E-state index contributed by atoms with van der Waals surface area (Å²) in [5, 5.41) is 3.56. The molecule has 0 radical (unpaired) electrons. The molecular weight excluding hydrogens is 308 g/mol. The Balaban J connectivity index is 2.23. The lowest BCUT2D eigenvalue weighted by Gasteiger charge is -2.20. The van der Waals surface area contributed by atoms with Crippen LogP contribution in [0.4, 0.5) is 0 Å². The monoisotopic (exact) mass is 324 g/mol. The number of thiazole rings is 1. The highest BCUT2D eigenvalue weighted by atomic mass is 79.9. The van der Waals surface area contributed by atoms with Crippen molar-refractivity contribution in [2.24, 2.45) is 0 Å². The van der Waals surface area contributed by atoms with Gasteiger partial charge in [-0.05, 0) is 36.7 Å². The van der Waals surface area contributed by atoms with Crippen molar-refractivity contribution < 1.29 is 0 Å². The molecule has 1 heterocycles. The van der Waals surface area contributed by atoms with Crippen molar-refractivity contribution in [3.63, 3.8) is 0 Å². The number of rotatable bonds is 5. The zero-order chi connectivity index (χ0) is 13.0. The predicted octanol–water partition coefficient (Wildman–Crippen LogP) is 4.11. The van der Waals surface area contributed by atoms with Gasteiger partial charge in [0, 0.05) is 28.0 Å². The second-order valence-corrected chi connectivity index (χ2v) is 6.17. The highest BCUT2D eigenvalue weighted by Gasteiger charge is 2.14. The fraction of sp³-hybridized carbons (Fsp3) is 0.357. The predicted molar refractivity (Wildman–Crippen MR) is 81.1 cm³/mol. The first kappa shape index (κ1) is 13.7. The number of aromatic nitrogens is 1. The lowest BCUT2D eigenvalue weighted by atomic mass is 9.98. The fourth-order valence-electron chi connectivity index (χ4n) is 2.11. The fourth-order valence-corrected chi connectivity index (χ4v) is 3.23. The molecule has 0 amide bonds. The Labute approximate surface area is 121 Å². The molecule has 0 bridgehead atoms. The Hall–Kier alpha value is -0.710. The molecular formula is C14H17BrN2S. The number of likely N-dealkylation sites (N-methyl/N-ethyl adjacent to an activating group) is 1. The zero-order valence-electron chi connectivity index (χ0n) is 10.6. The highest BCUT2D eigenvalue weighted by molar-refractivity contribution is 9.10. The molecule has 0 aliphatic rings. The summed E-state index contributed by atoms with van der Waals surface area (Å²) in [7, 11) is 0. The lowest BCUT2D eigenvalue weighted by Crippen LogP contribution is -2.23. The summed E-state index contributed by atoms with van der Waals surface area (Å²) < 4.78 is 1.14. The zero-order valence-corrected chi connectivity index (χ0v) is 13.0. The standard InChI is InChI=1S/C14H17BrN2S/c1-3-17-14(7-12-8-16-9-18-12)13-5-4-11(15)6-10(13)2/h4-6,8-9,14,17H,3,7H2,1-2H3. The van der Waals surface area contributed by atoms with E-state index in [4.69, 9.17) is 0 Å². The van der Waals surface area contributed by atoms with Gasteiger partial charge in [0.1, 0.15) is 0 Å². The van der Waals surface area contributed by atoms with Crippen LogP contribution >= 0.6 is 27.3 Å². The van der Waals surface area contributed by atoms with Crippen LogP contribution in [-0.4, -0.2) is 11.5 Å². The van der Waals surface area contributed by atoms with Crippen molar-refractivity contribution in [1.82, 2.24) is 10.3 Å². The van der Waals surface area contributed by atoms with Crippen LogP contribution in [0.1, 0.15) is 29.0 Å². The van der Waals surface area contributed by atoms with Crippen LogP contribution in [0, 0.1) is 6.92 Å². The Morgan fingerprint density at radius 1 is 1.44 bits per heavy atom. The van der Waals surface area contributed by atoms with Crippen LogP contribution in [0.3, 0.4) is 0 Å². The second-order valence-electron chi connectivity index (χ2n) is 4.28. The molecule has 0 saturated carbocycles. The van der Waals surface area contributed by atoms with Crippen molar-refractivity contribution in [3.05, 3.63) is 50.4 Å². The maximum atomic E-state index is 4.15. The average molecular weight is 325 g/mol. The molecule has 2 aromatic rings. The van der Waals surface area contributed by atoms with E-state index < -0.39 is 0 Å². The average Bonchev–Trinajstić information content (AvgIpc) is 2.81. The molecule has 18 heavy (non-hydrogen) atoms. The van der Waals surface area contributed by atoms with E-state index in [1.807, 2.05) is 11.7 Å². The Kier molecular flexibility index (Phi) is 4.92. The van der Waals surface area contributed by atoms with Gasteiger partial charge >= 0.3 is 0 Å². The van der Waals surface area contributed by atoms with E-state index in [0.717, 1.165) is 17.4 Å². The summed E-state index contributed by atoms with van der Waals surface area (Å²) in [5.41, 5.74) is 4.58. The van der Waals surface area contributed by atoms with Gasteiger partial charge < -0.3 is 5.32 Å². The normalized spacial score (nSPS) is 12.6. The third-order valence-electron chi connectivity index (χ3n) is 2.95. The number of benzene rings is 1. The molecule has 0 aliphatic heterocycles. The maximum absolute atomic E-state index is 4.15. The first-order valence-corrected chi connectivity index (χ1v) is 7.74. The van der Waals surface area contributed by atoms with Crippen molar-refractivity contribution >= 4 is 27.3 Å². The lowest BCUT2D eigenvalue weighted by molar-refractivity contribution is 0.550. The highest BCUT2D eigenvalue weighted by Crippen LogP contribution is 2.25. The summed E-state index contributed by atoms with van der Waals surface area (Å²) >= 11 is 5.24. The van der Waals surface area contributed by atoms with Crippen LogP contribution in [0.5, 0.6) is 0 Å². The van der Waals surface area contributed by atoms with E-state index in [9.17, 15) is 0 Å². The van der Waals surface area contributed by atoms with Crippen molar-refractivity contribution in [2.75, 3.05) is 6.54 Å². The summed E-state index contributed by atoms with van der Waals surface area (Å²) in [6, 6.07) is 6.85. The largest absolute Gasteiger partial charge is 0.310 e. The molecule has 0 saturated heterocycles. The van der Waals surface area contributed by atoms with E-state index in [1.54, 1.807) is 11.3 Å². The molecule has 1 atom stereocenters.